The Morgan fingerprint density at radius 1 is 1.65 bits per heavy atom. The van der Waals surface area contributed by atoms with Crippen LogP contribution in [0.25, 0.3) is 0 Å². The molecule has 0 bridgehead atoms. The van der Waals surface area contributed by atoms with Gasteiger partial charge in [0, 0.05) is 6.20 Å². The molecule has 1 atom stereocenters. The number of hydrogen-bond donors (Lipinski definition) is 1. The molecule has 0 fully saturated rings. The minimum absolute atomic E-state index is 0.0574. The number of nitrogens with zero attached hydrogens (tertiary/aromatic N) is 1. The first kappa shape index (κ1) is 14.0. The lowest BCUT2D eigenvalue weighted by atomic mass is 10.2. The van der Waals surface area contributed by atoms with Crippen LogP contribution < -0.4 is 4.72 Å². The van der Waals surface area contributed by atoms with E-state index in [0.29, 0.717) is 6.42 Å². The van der Waals surface area contributed by atoms with Crippen LogP contribution in [0.4, 0.5) is 0 Å². The molecule has 1 unspecified atom stereocenters. The lowest BCUT2D eigenvalue weighted by Gasteiger charge is -2.12. The third kappa shape index (κ3) is 3.70. The molecular formula is C11H13ClN2O2S. The van der Waals surface area contributed by atoms with E-state index in [4.69, 9.17) is 18.0 Å². The highest BCUT2D eigenvalue weighted by Crippen LogP contribution is 2.18. The van der Waals surface area contributed by atoms with Crippen molar-refractivity contribution in [3.8, 4) is 12.3 Å². The van der Waals surface area contributed by atoms with Gasteiger partial charge in [0.1, 0.15) is 10.0 Å². The van der Waals surface area contributed by atoms with Gasteiger partial charge >= 0.3 is 0 Å². The van der Waals surface area contributed by atoms with Gasteiger partial charge in [-0.3, -0.25) is 0 Å². The summed E-state index contributed by atoms with van der Waals surface area (Å²) in [6.45, 7) is 1.93. The van der Waals surface area contributed by atoms with E-state index in [1.54, 1.807) is 0 Å². The number of rotatable bonds is 5. The van der Waals surface area contributed by atoms with E-state index in [-0.39, 0.29) is 10.0 Å². The Morgan fingerprint density at radius 2 is 2.35 bits per heavy atom. The maximum atomic E-state index is 12.0. The summed E-state index contributed by atoms with van der Waals surface area (Å²) in [5.41, 5.74) is 0. The van der Waals surface area contributed by atoms with Crippen molar-refractivity contribution in [3.63, 3.8) is 0 Å². The van der Waals surface area contributed by atoms with Gasteiger partial charge < -0.3 is 0 Å². The van der Waals surface area contributed by atoms with E-state index >= 15 is 0 Å². The molecule has 6 heteroatoms. The minimum atomic E-state index is -3.71. The number of nitrogens with one attached hydrogen (secondary N) is 1. The fourth-order valence-corrected chi connectivity index (χ4v) is 2.93. The van der Waals surface area contributed by atoms with Crippen molar-refractivity contribution >= 4 is 21.6 Å². The molecule has 4 nitrogen and oxygen atoms in total. The molecule has 1 N–H and O–H groups in total. The molecule has 17 heavy (non-hydrogen) atoms. The van der Waals surface area contributed by atoms with Crippen molar-refractivity contribution in [1.29, 1.82) is 0 Å². The first-order chi connectivity index (χ1) is 8.01. The highest BCUT2D eigenvalue weighted by molar-refractivity contribution is 7.89. The molecule has 0 aliphatic rings. The SMILES string of the molecule is C#CC(CCC)NS(=O)(=O)c1cccnc1Cl. The zero-order valence-electron chi connectivity index (χ0n) is 9.35. The average molecular weight is 273 g/mol. The van der Waals surface area contributed by atoms with Crippen LogP contribution in [0.3, 0.4) is 0 Å². The van der Waals surface area contributed by atoms with Crippen LogP contribution in [-0.4, -0.2) is 19.4 Å². The molecule has 92 valence electrons. The molecule has 0 radical (unpaired) electrons. The average Bonchev–Trinajstić information content (AvgIpc) is 2.28. The van der Waals surface area contributed by atoms with E-state index in [2.05, 4.69) is 15.6 Å². The van der Waals surface area contributed by atoms with E-state index in [1.807, 2.05) is 6.92 Å². The zero-order valence-corrected chi connectivity index (χ0v) is 10.9. The summed E-state index contributed by atoms with van der Waals surface area (Å²) in [5.74, 6) is 2.39. The van der Waals surface area contributed by atoms with Gasteiger partial charge in [-0.2, -0.15) is 4.72 Å². The second kappa shape index (κ2) is 6.01. The predicted molar refractivity (Wildman–Crippen MR) is 67.1 cm³/mol. The summed E-state index contributed by atoms with van der Waals surface area (Å²) in [6.07, 6.45) is 8.05. The Bertz CT molecular complexity index is 523. The molecule has 0 aromatic carbocycles. The van der Waals surface area contributed by atoms with Crippen LogP contribution in [0.15, 0.2) is 23.2 Å². The summed E-state index contributed by atoms with van der Waals surface area (Å²) in [4.78, 5) is 3.66. The Morgan fingerprint density at radius 3 is 2.88 bits per heavy atom. The number of pyridine rings is 1. The molecule has 1 rings (SSSR count). The molecule has 0 spiro atoms. The van der Waals surface area contributed by atoms with E-state index < -0.39 is 16.1 Å². The van der Waals surface area contributed by atoms with Gasteiger partial charge in [-0.1, -0.05) is 30.9 Å². The monoisotopic (exact) mass is 272 g/mol. The van der Waals surface area contributed by atoms with E-state index in [9.17, 15) is 8.42 Å². The van der Waals surface area contributed by atoms with Gasteiger partial charge in [0.05, 0.1) is 6.04 Å². The molecule has 1 aromatic rings. The number of terminal acetylenes is 1. The summed E-state index contributed by atoms with van der Waals surface area (Å²) in [6, 6.07) is 2.36. The second-order valence-electron chi connectivity index (χ2n) is 3.42. The smallest absolute Gasteiger partial charge is 0.243 e. The van der Waals surface area contributed by atoms with Crippen molar-refractivity contribution in [2.45, 2.75) is 30.7 Å². The van der Waals surface area contributed by atoms with Gasteiger partial charge in [0.25, 0.3) is 0 Å². The Balaban J connectivity index is 2.98. The minimum Gasteiger partial charge on any atom is -0.243 e. The summed E-state index contributed by atoms with van der Waals surface area (Å²) in [7, 11) is -3.71. The Hall–Kier alpha value is -1.09. The van der Waals surface area contributed by atoms with Crippen molar-refractivity contribution in [1.82, 2.24) is 9.71 Å². The number of aromatic nitrogens is 1. The van der Waals surface area contributed by atoms with Crippen LogP contribution in [0.2, 0.25) is 5.15 Å². The van der Waals surface area contributed by atoms with Crippen molar-refractivity contribution in [2.24, 2.45) is 0 Å². The van der Waals surface area contributed by atoms with Crippen LogP contribution >= 0.6 is 11.6 Å². The topological polar surface area (TPSA) is 59.1 Å². The second-order valence-corrected chi connectivity index (χ2v) is 5.46. The fourth-order valence-electron chi connectivity index (χ4n) is 1.29. The molecule has 0 aliphatic carbocycles. The summed E-state index contributed by atoms with van der Waals surface area (Å²) >= 11 is 5.73. The molecule has 1 heterocycles. The third-order valence-electron chi connectivity index (χ3n) is 2.09. The normalized spacial score (nSPS) is 13.0. The first-order valence-electron chi connectivity index (χ1n) is 5.10. The predicted octanol–water partition coefficient (Wildman–Crippen LogP) is 1.82. The number of halogens is 1. The summed E-state index contributed by atoms with van der Waals surface area (Å²) in [5, 5.41) is -0.0627. The number of hydrogen-bond acceptors (Lipinski definition) is 3. The van der Waals surface area contributed by atoms with Crippen LogP contribution in [0.1, 0.15) is 19.8 Å². The van der Waals surface area contributed by atoms with Crippen molar-refractivity contribution < 1.29 is 8.42 Å². The maximum Gasteiger partial charge on any atom is 0.244 e. The van der Waals surface area contributed by atoms with E-state index in [0.717, 1.165) is 6.42 Å². The highest BCUT2D eigenvalue weighted by atomic mass is 35.5. The Kier molecular flexibility index (Phi) is 4.94. The standard InChI is InChI=1S/C11H13ClN2O2S/c1-3-6-9(4-2)14-17(15,16)10-7-5-8-13-11(10)12/h2,5,7-9,14H,3,6H2,1H3. The first-order valence-corrected chi connectivity index (χ1v) is 6.96. The molecular weight excluding hydrogens is 260 g/mol. The molecule has 1 aromatic heterocycles. The van der Waals surface area contributed by atoms with Gasteiger partial charge in [-0.15, -0.1) is 6.42 Å². The van der Waals surface area contributed by atoms with Crippen LogP contribution in [0, 0.1) is 12.3 Å². The molecule has 0 aliphatic heterocycles. The van der Waals surface area contributed by atoms with Crippen molar-refractivity contribution in [2.75, 3.05) is 0 Å². The maximum absolute atomic E-state index is 12.0. The molecule has 0 saturated carbocycles. The zero-order chi connectivity index (χ0) is 12.9. The van der Waals surface area contributed by atoms with Crippen LogP contribution in [-0.2, 0) is 10.0 Å². The lowest BCUT2D eigenvalue weighted by Crippen LogP contribution is -2.33. The van der Waals surface area contributed by atoms with E-state index in [1.165, 1.54) is 18.3 Å². The largest absolute Gasteiger partial charge is 0.244 e. The van der Waals surface area contributed by atoms with Crippen LogP contribution in [0.5, 0.6) is 0 Å². The van der Waals surface area contributed by atoms with Gasteiger partial charge in [0.2, 0.25) is 10.0 Å². The Labute approximate surface area is 106 Å². The van der Waals surface area contributed by atoms with Crippen molar-refractivity contribution in [3.05, 3.63) is 23.5 Å². The van der Waals surface area contributed by atoms with Gasteiger partial charge in [-0.05, 0) is 18.6 Å². The molecule has 0 saturated heterocycles. The van der Waals surface area contributed by atoms with Gasteiger partial charge in [0.15, 0.2) is 0 Å². The quantitative estimate of drug-likeness (QED) is 0.657. The summed E-state index contributed by atoms with van der Waals surface area (Å²) < 4.78 is 26.3. The number of sulfonamides is 1. The lowest BCUT2D eigenvalue weighted by molar-refractivity contribution is 0.564. The highest BCUT2D eigenvalue weighted by Gasteiger charge is 2.21. The van der Waals surface area contributed by atoms with Gasteiger partial charge in [-0.25, -0.2) is 13.4 Å². The third-order valence-corrected chi connectivity index (χ3v) is 4.01. The fraction of sp³-hybridized carbons (Fsp3) is 0.364. The molecule has 0 amide bonds.